The van der Waals surface area contributed by atoms with Crippen LogP contribution in [0.15, 0.2) is 60.8 Å². The molecule has 1 aliphatic carbocycles. The number of rotatable bonds is 8. The smallest absolute Gasteiger partial charge is 0.466 e. The van der Waals surface area contributed by atoms with Crippen molar-refractivity contribution < 1.29 is 27.4 Å². The van der Waals surface area contributed by atoms with Gasteiger partial charge in [0.25, 0.3) is 0 Å². The molecule has 1 aliphatic rings. The number of nitrogens with one attached hydrogen (secondary N) is 1. The van der Waals surface area contributed by atoms with Gasteiger partial charge in [-0.1, -0.05) is 18.2 Å². The number of pyridine rings is 2. The maximum Gasteiger partial charge on any atom is 0.573 e. The molecule has 2 aromatic heterocycles. The van der Waals surface area contributed by atoms with Crippen molar-refractivity contribution in [2.24, 2.45) is 5.92 Å². The average molecular weight is 457 g/mol. The number of hydrogen-bond donors (Lipinski definition) is 1. The third kappa shape index (κ3) is 6.00. The Labute approximate surface area is 188 Å². The summed E-state index contributed by atoms with van der Waals surface area (Å²) in [5.41, 5.74) is 3.04. The molecule has 9 heteroatoms. The van der Waals surface area contributed by atoms with Gasteiger partial charge < -0.3 is 14.8 Å². The number of alkyl halides is 3. The summed E-state index contributed by atoms with van der Waals surface area (Å²) in [5.74, 6) is 0.0771. The van der Waals surface area contributed by atoms with Gasteiger partial charge in [0.1, 0.15) is 11.6 Å². The summed E-state index contributed by atoms with van der Waals surface area (Å²) in [5, 5.41) is 3.08. The first kappa shape index (κ1) is 22.6. The highest BCUT2D eigenvalue weighted by atomic mass is 19.4. The molecule has 33 heavy (non-hydrogen) atoms. The first-order valence-electron chi connectivity index (χ1n) is 10.5. The average Bonchev–Trinajstić information content (AvgIpc) is 3.59. The molecular weight excluding hydrogens is 435 g/mol. The lowest BCUT2D eigenvalue weighted by atomic mass is 10.1. The molecule has 0 unspecified atom stereocenters. The maximum atomic E-state index is 12.4. The minimum absolute atomic E-state index is 0.0787. The lowest BCUT2D eigenvalue weighted by molar-refractivity contribution is -0.274. The van der Waals surface area contributed by atoms with Crippen molar-refractivity contribution in [2.45, 2.75) is 32.2 Å². The molecule has 1 aromatic carbocycles. The third-order valence-corrected chi connectivity index (χ3v) is 5.20. The van der Waals surface area contributed by atoms with Crippen LogP contribution in [-0.2, 0) is 16.1 Å². The number of carbonyl (C=O) groups is 1. The van der Waals surface area contributed by atoms with E-state index in [9.17, 15) is 18.0 Å². The fourth-order valence-electron chi connectivity index (χ4n) is 3.55. The van der Waals surface area contributed by atoms with Crippen LogP contribution in [0.5, 0.6) is 5.75 Å². The quantitative estimate of drug-likeness (QED) is 0.462. The Morgan fingerprint density at radius 3 is 2.70 bits per heavy atom. The van der Waals surface area contributed by atoms with Crippen molar-refractivity contribution in [1.82, 2.24) is 9.97 Å². The van der Waals surface area contributed by atoms with Gasteiger partial charge in [0.2, 0.25) is 0 Å². The molecule has 3 aromatic rings. The van der Waals surface area contributed by atoms with Gasteiger partial charge in [-0.25, -0.2) is 4.98 Å². The predicted octanol–water partition coefficient (Wildman–Crippen LogP) is 5.32. The van der Waals surface area contributed by atoms with Gasteiger partial charge in [-0.15, -0.1) is 13.2 Å². The SMILES string of the molecule is CCOC(=O)[C@@H]1C[C@H]1c1cccc(-c2ccc(NCc3cccc(OC(F)(F)F)c3)nc2)n1. The van der Waals surface area contributed by atoms with Crippen LogP contribution in [0.4, 0.5) is 19.0 Å². The molecule has 172 valence electrons. The minimum Gasteiger partial charge on any atom is -0.466 e. The van der Waals surface area contributed by atoms with Crippen LogP contribution < -0.4 is 10.1 Å². The van der Waals surface area contributed by atoms with Crippen molar-refractivity contribution in [1.29, 1.82) is 0 Å². The number of halogens is 3. The van der Waals surface area contributed by atoms with E-state index in [0.717, 1.165) is 23.4 Å². The minimum atomic E-state index is -4.73. The normalized spacial score (nSPS) is 17.3. The largest absolute Gasteiger partial charge is 0.573 e. The van der Waals surface area contributed by atoms with E-state index in [4.69, 9.17) is 4.74 Å². The van der Waals surface area contributed by atoms with E-state index in [2.05, 4.69) is 20.0 Å². The van der Waals surface area contributed by atoms with Crippen LogP contribution in [0, 0.1) is 5.92 Å². The zero-order valence-corrected chi connectivity index (χ0v) is 17.8. The zero-order valence-electron chi connectivity index (χ0n) is 17.8. The summed E-state index contributed by atoms with van der Waals surface area (Å²) in [6.45, 7) is 2.44. The summed E-state index contributed by atoms with van der Waals surface area (Å²) >= 11 is 0. The number of anilines is 1. The van der Waals surface area contributed by atoms with Gasteiger partial charge >= 0.3 is 12.3 Å². The van der Waals surface area contributed by atoms with Gasteiger partial charge in [0.05, 0.1) is 18.2 Å². The van der Waals surface area contributed by atoms with Crippen LogP contribution in [-0.4, -0.2) is 28.9 Å². The summed E-state index contributed by atoms with van der Waals surface area (Å²) in [6.07, 6.45) is -2.31. The number of carbonyl (C=O) groups excluding carboxylic acids is 1. The fraction of sp³-hybridized carbons (Fsp3) is 0.292. The van der Waals surface area contributed by atoms with Gasteiger partial charge in [0.15, 0.2) is 0 Å². The van der Waals surface area contributed by atoms with Gasteiger partial charge in [-0.05, 0) is 55.3 Å². The Morgan fingerprint density at radius 2 is 1.97 bits per heavy atom. The van der Waals surface area contributed by atoms with Crippen molar-refractivity contribution in [3.05, 3.63) is 72.1 Å². The molecule has 1 N–H and O–H groups in total. The molecule has 1 saturated carbocycles. The highest BCUT2D eigenvalue weighted by Crippen LogP contribution is 2.47. The third-order valence-electron chi connectivity index (χ3n) is 5.20. The van der Waals surface area contributed by atoms with E-state index in [0.29, 0.717) is 18.0 Å². The van der Waals surface area contributed by atoms with Crippen LogP contribution in [0.1, 0.15) is 30.5 Å². The van der Waals surface area contributed by atoms with Gasteiger partial charge in [-0.2, -0.15) is 0 Å². The van der Waals surface area contributed by atoms with Crippen molar-refractivity contribution in [3.8, 4) is 17.0 Å². The summed E-state index contributed by atoms with van der Waals surface area (Å²) in [4.78, 5) is 21.0. The van der Waals surface area contributed by atoms with Gasteiger partial charge in [0, 0.05) is 29.9 Å². The summed E-state index contributed by atoms with van der Waals surface area (Å²) < 4.78 is 46.2. The first-order valence-corrected chi connectivity index (χ1v) is 10.5. The first-order chi connectivity index (χ1) is 15.8. The summed E-state index contributed by atoms with van der Waals surface area (Å²) in [7, 11) is 0. The lowest BCUT2D eigenvalue weighted by Gasteiger charge is -2.11. The van der Waals surface area contributed by atoms with Crippen molar-refractivity contribution >= 4 is 11.8 Å². The number of benzene rings is 1. The Hall–Kier alpha value is -3.62. The fourth-order valence-corrected chi connectivity index (χ4v) is 3.55. The van der Waals surface area contributed by atoms with E-state index < -0.39 is 6.36 Å². The van der Waals surface area contributed by atoms with Crippen molar-refractivity contribution in [2.75, 3.05) is 11.9 Å². The van der Waals surface area contributed by atoms with E-state index >= 15 is 0 Å². The second kappa shape index (κ2) is 9.48. The number of hydrogen-bond acceptors (Lipinski definition) is 6. The summed E-state index contributed by atoms with van der Waals surface area (Å²) in [6, 6.07) is 15.1. The zero-order chi connectivity index (χ0) is 23.4. The molecule has 0 aliphatic heterocycles. The molecule has 2 atom stereocenters. The molecule has 0 spiro atoms. The molecule has 0 bridgehead atoms. The topological polar surface area (TPSA) is 73.3 Å². The van der Waals surface area contributed by atoms with Crippen molar-refractivity contribution in [3.63, 3.8) is 0 Å². The molecule has 4 rings (SSSR count). The van der Waals surface area contributed by atoms with Crippen LogP contribution in [0.2, 0.25) is 0 Å². The second-order valence-electron chi connectivity index (χ2n) is 7.63. The highest BCUT2D eigenvalue weighted by molar-refractivity contribution is 5.77. The van der Waals surface area contributed by atoms with E-state index in [-0.39, 0.29) is 30.1 Å². The molecule has 0 radical (unpaired) electrons. The lowest BCUT2D eigenvalue weighted by Crippen LogP contribution is -2.17. The number of nitrogens with zero attached hydrogens (tertiary/aromatic N) is 2. The molecule has 0 amide bonds. The predicted molar refractivity (Wildman–Crippen MR) is 115 cm³/mol. The molecular formula is C24H22F3N3O3. The Morgan fingerprint density at radius 1 is 1.15 bits per heavy atom. The number of ether oxygens (including phenoxy) is 2. The monoisotopic (exact) mass is 457 g/mol. The molecule has 6 nitrogen and oxygen atoms in total. The molecule has 2 heterocycles. The van der Waals surface area contributed by atoms with E-state index in [1.165, 1.54) is 18.2 Å². The van der Waals surface area contributed by atoms with Gasteiger partial charge in [-0.3, -0.25) is 9.78 Å². The van der Waals surface area contributed by atoms with Crippen LogP contribution in [0.25, 0.3) is 11.3 Å². The number of esters is 1. The standard InChI is InChI=1S/C24H22F3N3O3/c1-2-32-23(31)19-12-18(19)21-8-4-7-20(30-21)16-9-10-22(29-14-16)28-13-15-5-3-6-17(11-15)33-24(25,26)27/h3-11,14,18-19H,2,12-13H2,1H3,(H,28,29)/t18-,19-/m1/s1. The van der Waals surface area contributed by atoms with E-state index in [1.807, 2.05) is 24.3 Å². The highest BCUT2D eigenvalue weighted by Gasteiger charge is 2.46. The Bertz CT molecular complexity index is 1120. The number of aromatic nitrogens is 2. The van der Waals surface area contributed by atoms with E-state index in [1.54, 1.807) is 25.3 Å². The Kier molecular flexibility index (Phi) is 6.48. The maximum absolute atomic E-state index is 12.4. The van der Waals surface area contributed by atoms with Crippen LogP contribution in [0.3, 0.4) is 0 Å². The second-order valence-corrected chi connectivity index (χ2v) is 7.63. The molecule has 1 fully saturated rings. The Balaban J connectivity index is 1.37. The molecule has 0 saturated heterocycles. The van der Waals surface area contributed by atoms with Crippen LogP contribution >= 0.6 is 0 Å².